The Kier molecular flexibility index (Phi) is 6.40. The maximum atomic E-state index is 5.94. The molecule has 0 radical (unpaired) electrons. The van der Waals surface area contributed by atoms with Gasteiger partial charge in [-0.2, -0.15) is 4.98 Å². The molecule has 0 unspecified atom stereocenters. The molecule has 0 aliphatic rings. The number of furan rings is 1. The van der Waals surface area contributed by atoms with E-state index in [1.54, 1.807) is 0 Å². The van der Waals surface area contributed by atoms with Crippen LogP contribution in [0, 0.1) is 0 Å². The zero-order valence-electron chi connectivity index (χ0n) is 14.4. The van der Waals surface area contributed by atoms with E-state index < -0.39 is 0 Å². The van der Waals surface area contributed by atoms with Gasteiger partial charge in [0.25, 0.3) is 5.88 Å². The van der Waals surface area contributed by atoms with Crippen molar-refractivity contribution in [2.45, 2.75) is 27.2 Å². The Morgan fingerprint density at radius 3 is 2.54 bits per heavy atom. The summed E-state index contributed by atoms with van der Waals surface area (Å²) in [5.74, 6) is 1.33. The SMILES string of the molecule is CCc1nc(OCCN(CC)CC)c2oc3ccccc3c2n1.[Cl-]. The Bertz CT molecular complexity index is 799. The van der Waals surface area contributed by atoms with Crippen molar-refractivity contribution in [2.24, 2.45) is 0 Å². The fourth-order valence-electron chi connectivity index (χ4n) is 2.68. The summed E-state index contributed by atoms with van der Waals surface area (Å²) in [6, 6.07) is 7.92. The van der Waals surface area contributed by atoms with Gasteiger partial charge in [0.05, 0.1) is 0 Å². The summed E-state index contributed by atoms with van der Waals surface area (Å²) in [6.45, 7) is 9.85. The van der Waals surface area contributed by atoms with Crippen LogP contribution in [-0.2, 0) is 6.42 Å². The molecule has 2 aromatic heterocycles. The predicted octanol–water partition coefficient (Wildman–Crippen LogP) is 0.663. The molecule has 6 heteroatoms. The molecule has 0 aliphatic heterocycles. The standard InChI is InChI=1S/C18H23N3O2.ClH/c1-4-15-19-16-13-9-7-8-10-14(13)23-17(16)18(20-15)22-12-11-21(5-2)6-3;/h7-10H,4-6,11-12H2,1-3H3;1H/p-1. The Morgan fingerprint density at radius 1 is 1.08 bits per heavy atom. The van der Waals surface area contributed by atoms with Crippen molar-refractivity contribution >= 4 is 22.1 Å². The summed E-state index contributed by atoms with van der Waals surface area (Å²) in [5.41, 5.74) is 2.30. The number of hydrogen-bond donors (Lipinski definition) is 0. The van der Waals surface area contributed by atoms with Crippen LogP contribution in [-0.4, -0.2) is 41.1 Å². The third kappa shape index (κ3) is 3.62. The maximum absolute atomic E-state index is 5.94. The number of para-hydroxylation sites is 1. The summed E-state index contributed by atoms with van der Waals surface area (Å²) >= 11 is 0. The van der Waals surface area contributed by atoms with Crippen molar-refractivity contribution in [3.8, 4) is 5.88 Å². The number of benzene rings is 1. The number of likely N-dealkylation sites (N-methyl/N-ethyl adjacent to an activating group) is 1. The van der Waals surface area contributed by atoms with E-state index in [4.69, 9.17) is 9.15 Å². The van der Waals surface area contributed by atoms with Crippen molar-refractivity contribution in [1.29, 1.82) is 0 Å². The number of ether oxygens (including phenoxy) is 1. The van der Waals surface area contributed by atoms with Gasteiger partial charge in [0.1, 0.15) is 23.5 Å². The van der Waals surface area contributed by atoms with Gasteiger partial charge in [-0.15, -0.1) is 0 Å². The minimum atomic E-state index is 0. The molecule has 0 saturated heterocycles. The lowest BCUT2D eigenvalue weighted by Crippen LogP contribution is -3.00. The molecule has 2 heterocycles. The van der Waals surface area contributed by atoms with Gasteiger partial charge in [-0.1, -0.05) is 32.9 Å². The predicted molar refractivity (Wildman–Crippen MR) is 92.0 cm³/mol. The lowest BCUT2D eigenvalue weighted by molar-refractivity contribution is -0.00000589. The Balaban J connectivity index is 0.00000208. The zero-order valence-corrected chi connectivity index (χ0v) is 15.1. The second kappa shape index (κ2) is 8.31. The highest BCUT2D eigenvalue weighted by Gasteiger charge is 2.16. The van der Waals surface area contributed by atoms with Gasteiger partial charge in [-0.3, -0.25) is 0 Å². The summed E-state index contributed by atoms with van der Waals surface area (Å²) in [7, 11) is 0. The molecule has 24 heavy (non-hydrogen) atoms. The highest BCUT2D eigenvalue weighted by molar-refractivity contribution is 6.03. The third-order valence-corrected chi connectivity index (χ3v) is 4.09. The Hall–Kier alpha value is -1.85. The number of hydrogen-bond acceptors (Lipinski definition) is 5. The van der Waals surface area contributed by atoms with Gasteiger partial charge in [0.15, 0.2) is 0 Å². The molecule has 130 valence electrons. The van der Waals surface area contributed by atoms with Gasteiger partial charge >= 0.3 is 0 Å². The van der Waals surface area contributed by atoms with Crippen LogP contribution >= 0.6 is 0 Å². The summed E-state index contributed by atoms with van der Waals surface area (Å²) < 4.78 is 11.9. The first kappa shape index (κ1) is 18.5. The van der Waals surface area contributed by atoms with Crippen LogP contribution in [0.2, 0.25) is 0 Å². The number of aryl methyl sites for hydroxylation is 1. The van der Waals surface area contributed by atoms with E-state index >= 15 is 0 Å². The van der Waals surface area contributed by atoms with E-state index in [1.165, 1.54) is 0 Å². The van der Waals surface area contributed by atoms with Crippen LogP contribution in [0.15, 0.2) is 28.7 Å². The lowest BCUT2D eigenvalue weighted by atomic mass is 10.2. The molecular formula is C18H23ClN3O2-. The number of nitrogens with zero attached hydrogens (tertiary/aromatic N) is 3. The lowest BCUT2D eigenvalue weighted by Gasteiger charge is -2.17. The molecule has 0 N–H and O–H groups in total. The Morgan fingerprint density at radius 2 is 1.83 bits per heavy atom. The monoisotopic (exact) mass is 348 g/mol. The fraction of sp³-hybridized carbons (Fsp3) is 0.444. The van der Waals surface area contributed by atoms with Crippen molar-refractivity contribution < 1.29 is 21.6 Å². The van der Waals surface area contributed by atoms with Gasteiger partial charge in [0, 0.05) is 18.4 Å². The van der Waals surface area contributed by atoms with Crippen LogP contribution in [0.4, 0.5) is 0 Å². The van der Waals surface area contributed by atoms with Gasteiger partial charge in [0.2, 0.25) is 5.58 Å². The smallest absolute Gasteiger partial charge is 0.261 e. The highest BCUT2D eigenvalue weighted by Crippen LogP contribution is 2.32. The second-order valence-electron chi connectivity index (χ2n) is 5.45. The molecule has 3 rings (SSSR count). The molecular weight excluding hydrogens is 326 g/mol. The average molecular weight is 349 g/mol. The number of halogens is 1. The third-order valence-electron chi connectivity index (χ3n) is 4.09. The van der Waals surface area contributed by atoms with E-state index in [1.807, 2.05) is 31.2 Å². The first-order chi connectivity index (χ1) is 11.3. The van der Waals surface area contributed by atoms with Crippen LogP contribution in [0.3, 0.4) is 0 Å². The van der Waals surface area contributed by atoms with Crippen molar-refractivity contribution in [2.75, 3.05) is 26.2 Å². The second-order valence-corrected chi connectivity index (χ2v) is 5.45. The summed E-state index contributed by atoms with van der Waals surface area (Å²) in [5, 5.41) is 1.01. The first-order valence-corrected chi connectivity index (χ1v) is 8.30. The van der Waals surface area contributed by atoms with E-state index in [2.05, 4.69) is 28.7 Å². The molecule has 0 spiro atoms. The first-order valence-electron chi connectivity index (χ1n) is 8.30. The number of aromatic nitrogens is 2. The van der Waals surface area contributed by atoms with Crippen LogP contribution in [0.1, 0.15) is 26.6 Å². The molecule has 0 saturated carbocycles. The van der Waals surface area contributed by atoms with E-state index in [0.717, 1.165) is 48.4 Å². The molecule has 0 bridgehead atoms. The molecule has 0 fully saturated rings. The van der Waals surface area contributed by atoms with Crippen molar-refractivity contribution in [1.82, 2.24) is 14.9 Å². The number of fused-ring (bicyclic) bond motifs is 3. The number of rotatable bonds is 7. The zero-order chi connectivity index (χ0) is 16.2. The van der Waals surface area contributed by atoms with Gasteiger partial charge < -0.3 is 26.5 Å². The summed E-state index contributed by atoms with van der Waals surface area (Å²) in [6.07, 6.45) is 0.766. The van der Waals surface area contributed by atoms with Crippen LogP contribution in [0.5, 0.6) is 5.88 Å². The van der Waals surface area contributed by atoms with Gasteiger partial charge in [-0.05, 0) is 25.2 Å². The topological polar surface area (TPSA) is 51.4 Å². The molecule has 5 nitrogen and oxygen atoms in total. The minimum absolute atomic E-state index is 0. The largest absolute Gasteiger partial charge is 1.00 e. The maximum Gasteiger partial charge on any atom is 0.261 e. The normalized spacial score (nSPS) is 11.2. The van der Waals surface area contributed by atoms with E-state index in [9.17, 15) is 0 Å². The quantitative estimate of drug-likeness (QED) is 0.628. The minimum Gasteiger partial charge on any atom is -1.00 e. The van der Waals surface area contributed by atoms with Crippen LogP contribution in [0.25, 0.3) is 22.1 Å². The van der Waals surface area contributed by atoms with Crippen molar-refractivity contribution in [3.63, 3.8) is 0 Å². The van der Waals surface area contributed by atoms with Gasteiger partial charge in [-0.25, -0.2) is 4.98 Å². The van der Waals surface area contributed by atoms with E-state index in [-0.39, 0.29) is 12.4 Å². The molecule has 1 aromatic carbocycles. The Labute approximate surface area is 148 Å². The molecule has 3 aromatic rings. The average Bonchev–Trinajstić information content (AvgIpc) is 2.97. The van der Waals surface area contributed by atoms with E-state index in [0.29, 0.717) is 18.1 Å². The molecule has 0 atom stereocenters. The highest BCUT2D eigenvalue weighted by atomic mass is 35.5. The fourth-order valence-corrected chi connectivity index (χ4v) is 2.68. The molecule has 0 aliphatic carbocycles. The molecule has 0 amide bonds. The summed E-state index contributed by atoms with van der Waals surface area (Å²) in [4.78, 5) is 11.5. The van der Waals surface area contributed by atoms with Crippen molar-refractivity contribution in [3.05, 3.63) is 30.1 Å². The van der Waals surface area contributed by atoms with Crippen LogP contribution < -0.4 is 17.1 Å².